The van der Waals surface area contributed by atoms with Crippen molar-refractivity contribution in [3.63, 3.8) is 0 Å². The molecule has 1 N–H and O–H groups in total. The average Bonchev–Trinajstić information content (AvgIpc) is 2.94. The first-order valence-corrected chi connectivity index (χ1v) is 6.37. The first-order valence-electron chi connectivity index (χ1n) is 6.37. The van der Waals surface area contributed by atoms with Crippen LogP contribution in [0.1, 0.15) is 30.0 Å². The maximum absolute atomic E-state index is 3.40. The summed E-state index contributed by atoms with van der Waals surface area (Å²) < 4.78 is 0. The molecule has 1 heterocycles. The lowest BCUT2D eigenvalue weighted by atomic mass is 10.1. The zero-order chi connectivity index (χ0) is 11.0. The lowest BCUT2D eigenvalue weighted by molar-refractivity contribution is 0.240. The van der Waals surface area contributed by atoms with Crippen LogP contribution in [0.3, 0.4) is 0 Å². The molecule has 0 amide bonds. The Morgan fingerprint density at radius 2 is 2.12 bits per heavy atom. The highest BCUT2D eigenvalue weighted by Crippen LogP contribution is 2.37. The fourth-order valence-corrected chi connectivity index (χ4v) is 3.22. The van der Waals surface area contributed by atoms with Crippen molar-refractivity contribution >= 4 is 0 Å². The van der Waals surface area contributed by atoms with Crippen LogP contribution >= 0.6 is 0 Å². The normalized spacial score (nSPS) is 29.6. The van der Waals surface area contributed by atoms with Gasteiger partial charge in [-0.15, -0.1) is 0 Å². The molecule has 0 unspecified atom stereocenters. The molecule has 0 radical (unpaired) electrons. The first-order chi connectivity index (χ1) is 7.88. The molecule has 3 rings (SSSR count). The Morgan fingerprint density at radius 1 is 1.25 bits per heavy atom. The number of nitrogens with zero attached hydrogens (tertiary/aromatic N) is 1. The minimum atomic E-state index is 0.689. The molecule has 0 aromatic heterocycles. The van der Waals surface area contributed by atoms with Crippen LogP contribution < -0.4 is 5.32 Å². The third kappa shape index (κ3) is 1.66. The van der Waals surface area contributed by atoms with Crippen molar-refractivity contribution in [2.45, 2.75) is 31.3 Å². The van der Waals surface area contributed by atoms with E-state index in [9.17, 15) is 0 Å². The highest BCUT2D eigenvalue weighted by molar-refractivity contribution is 5.34. The van der Waals surface area contributed by atoms with E-state index in [4.69, 9.17) is 0 Å². The minimum Gasteiger partial charge on any atom is -0.316 e. The number of nitrogens with one attached hydrogen (secondary N) is 1. The molecule has 2 atom stereocenters. The quantitative estimate of drug-likeness (QED) is 0.813. The van der Waals surface area contributed by atoms with Crippen LogP contribution in [0.2, 0.25) is 0 Å². The van der Waals surface area contributed by atoms with Crippen molar-refractivity contribution in [1.29, 1.82) is 0 Å². The molecule has 1 aliphatic carbocycles. The molecule has 0 spiro atoms. The van der Waals surface area contributed by atoms with Gasteiger partial charge in [-0.1, -0.05) is 24.3 Å². The van der Waals surface area contributed by atoms with Gasteiger partial charge >= 0.3 is 0 Å². The summed E-state index contributed by atoms with van der Waals surface area (Å²) in [4.78, 5) is 2.66. The molecule has 86 valence electrons. The zero-order valence-corrected chi connectivity index (χ0v) is 9.95. The Balaban J connectivity index is 1.78. The highest BCUT2D eigenvalue weighted by Gasteiger charge is 2.32. The summed E-state index contributed by atoms with van der Waals surface area (Å²) in [6.45, 7) is 2.47. The molecule has 1 fully saturated rings. The predicted molar refractivity (Wildman–Crippen MR) is 66.5 cm³/mol. The van der Waals surface area contributed by atoms with E-state index in [0.29, 0.717) is 12.1 Å². The third-order valence-electron chi connectivity index (χ3n) is 4.17. The maximum Gasteiger partial charge on any atom is 0.0354 e. The number of hydrogen-bond acceptors (Lipinski definition) is 2. The van der Waals surface area contributed by atoms with E-state index >= 15 is 0 Å². The van der Waals surface area contributed by atoms with Gasteiger partial charge in [0, 0.05) is 25.2 Å². The van der Waals surface area contributed by atoms with Crippen LogP contribution in [0.25, 0.3) is 0 Å². The summed E-state index contributed by atoms with van der Waals surface area (Å²) in [5, 5.41) is 3.40. The topological polar surface area (TPSA) is 15.3 Å². The van der Waals surface area contributed by atoms with Crippen molar-refractivity contribution in [2.75, 3.05) is 20.1 Å². The van der Waals surface area contributed by atoms with E-state index in [0.717, 1.165) is 0 Å². The number of benzene rings is 1. The van der Waals surface area contributed by atoms with Crippen molar-refractivity contribution in [1.82, 2.24) is 10.2 Å². The van der Waals surface area contributed by atoms with E-state index in [-0.39, 0.29) is 0 Å². The standard InChI is InChI=1S/C14H20N2/c1-15-12-8-9-16(10-12)14-7-6-11-4-2-3-5-13(11)14/h2-5,12,14-15H,6-10H2,1H3/t12-,14-/m0/s1. The average molecular weight is 216 g/mol. The second kappa shape index (κ2) is 4.19. The van der Waals surface area contributed by atoms with Gasteiger partial charge in [0.25, 0.3) is 0 Å². The summed E-state index contributed by atoms with van der Waals surface area (Å²) in [6.07, 6.45) is 3.88. The molecule has 1 aromatic rings. The van der Waals surface area contributed by atoms with Gasteiger partial charge in [0.2, 0.25) is 0 Å². The van der Waals surface area contributed by atoms with Gasteiger partial charge in [0.1, 0.15) is 0 Å². The van der Waals surface area contributed by atoms with Crippen LogP contribution in [0.4, 0.5) is 0 Å². The van der Waals surface area contributed by atoms with Gasteiger partial charge in [-0.2, -0.15) is 0 Å². The summed E-state index contributed by atoms with van der Waals surface area (Å²) in [5.74, 6) is 0. The molecule has 2 aliphatic rings. The number of likely N-dealkylation sites (tertiary alicyclic amines) is 1. The van der Waals surface area contributed by atoms with Crippen LogP contribution in [-0.4, -0.2) is 31.1 Å². The van der Waals surface area contributed by atoms with Crippen molar-refractivity contribution in [2.24, 2.45) is 0 Å². The van der Waals surface area contributed by atoms with Gasteiger partial charge < -0.3 is 5.32 Å². The Hall–Kier alpha value is -0.860. The molecule has 2 heteroatoms. The van der Waals surface area contributed by atoms with Gasteiger partial charge in [-0.3, -0.25) is 4.90 Å². The fourth-order valence-electron chi connectivity index (χ4n) is 3.22. The number of aryl methyl sites for hydroxylation is 1. The van der Waals surface area contributed by atoms with Crippen molar-refractivity contribution < 1.29 is 0 Å². The van der Waals surface area contributed by atoms with Gasteiger partial charge in [-0.05, 0) is 37.4 Å². The highest BCUT2D eigenvalue weighted by atomic mass is 15.2. The van der Waals surface area contributed by atoms with Crippen LogP contribution in [0, 0.1) is 0 Å². The molecule has 0 saturated carbocycles. The monoisotopic (exact) mass is 216 g/mol. The van der Waals surface area contributed by atoms with E-state index in [1.54, 1.807) is 11.1 Å². The summed E-state index contributed by atoms with van der Waals surface area (Å²) >= 11 is 0. The number of likely N-dealkylation sites (N-methyl/N-ethyl adjacent to an activating group) is 1. The lowest BCUT2D eigenvalue weighted by Crippen LogP contribution is -2.31. The van der Waals surface area contributed by atoms with E-state index < -0.39 is 0 Å². The molecule has 1 aliphatic heterocycles. The maximum atomic E-state index is 3.40. The Morgan fingerprint density at radius 3 is 2.94 bits per heavy atom. The first kappa shape index (κ1) is 10.3. The second-order valence-corrected chi connectivity index (χ2v) is 5.02. The predicted octanol–water partition coefficient (Wildman–Crippen LogP) is 1.97. The van der Waals surface area contributed by atoms with E-state index in [1.165, 1.54) is 32.4 Å². The fraction of sp³-hybridized carbons (Fsp3) is 0.571. The van der Waals surface area contributed by atoms with Gasteiger partial charge in [0.15, 0.2) is 0 Å². The van der Waals surface area contributed by atoms with Gasteiger partial charge in [-0.25, -0.2) is 0 Å². The summed E-state index contributed by atoms with van der Waals surface area (Å²) in [7, 11) is 2.08. The zero-order valence-electron chi connectivity index (χ0n) is 9.95. The third-order valence-corrected chi connectivity index (χ3v) is 4.17. The second-order valence-electron chi connectivity index (χ2n) is 5.02. The minimum absolute atomic E-state index is 0.689. The summed E-state index contributed by atoms with van der Waals surface area (Å²) in [6, 6.07) is 10.4. The summed E-state index contributed by atoms with van der Waals surface area (Å²) in [5.41, 5.74) is 3.15. The van der Waals surface area contributed by atoms with Crippen LogP contribution in [0.5, 0.6) is 0 Å². The van der Waals surface area contributed by atoms with Crippen LogP contribution in [0.15, 0.2) is 24.3 Å². The number of fused-ring (bicyclic) bond motifs is 1. The Kier molecular flexibility index (Phi) is 2.70. The number of hydrogen-bond donors (Lipinski definition) is 1. The molecule has 0 bridgehead atoms. The SMILES string of the molecule is CN[C@H]1CCN([C@H]2CCc3ccccc32)C1. The van der Waals surface area contributed by atoms with Crippen molar-refractivity contribution in [3.8, 4) is 0 Å². The van der Waals surface area contributed by atoms with Gasteiger partial charge in [0.05, 0.1) is 0 Å². The van der Waals surface area contributed by atoms with Crippen LogP contribution in [-0.2, 0) is 6.42 Å². The Labute approximate surface area is 97.6 Å². The molecule has 1 saturated heterocycles. The molecular formula is C14H20N2. The molecule has 16 heavy (non-hydrogen) atoms. The molecule has 1 aromatic carbocycles. The lowest BCUT2D eigenvalue weighted by Gasteiger charge is -2.24. The molecular weight excluding hydrogens is 196 g/mol. The molecule has 2 nitrogen and oxygen atoms in total. The van der Waals surface area contributed by atoms with E-state index in [2.05, 4.69) is 41.5 Å². The Bertz CT molecular complexity index is 375. The number of rotatable bonds is 2. The smallest absolute Gasteiger partial charge is 0.0354 e. The van der Waals surface area contributed by atoms with E-state index in [1.807, 2.05) is 0 Å². The van der Waals surface area contributed by atoms with Crippen molar-refractivity contribution in [3.05, 3.63) is 35.4 Å². The largest absolute Gasteiger partial charge is 0.316 e.